The van der Waals surface area contributed by atoms with Crippen LogP contribution in [0, 0.1) is 5.82 Å². The largest absolute Gasteiger partial charge is 0.488 e. The number of aromatic nitrogens is 2. The van der Waals surface area contributed by atoms with Crippen molar-refractivity contribution >= 4 is 11.6 Å². The molecule has 1 aromatic heterocycles. The van der Waals surface area contributed by atoms with E-state index in [2.05, 4.69) is 10.2 Å². The first-order valence-corrected chi connectivity index (χ1v) is 8.63. The fourth-order valence-electron chi connectivity index (χ4n) is 2.59. The van der Waals surface area contributed by atoms with E-state index in [0.717, 1.165) is 5.56 Å². The third-order valence-electron chi connectivity index (χ3n) is 3.96. The van der Waals surface area contributed by atoms with Crippen molar-refractivity contribution in [2.24, 2.45) is 0 Å². The standard InChI is InChI=1S/C21H14ClFN2O2/c22-18-12-16(23)11-10-15(18)13-26-19-9-5-4-8-17(19)21-25-24-20(27-21)14-6-2-1-3-7-14/h1-12H,13H2. The third-order valence-corrected chi connectivity index (χ3v) is 4.31. The van der Waals surface area contributed by atoms with Gasteiger partial charge in [-0.25, -0.2) is 4.39 Å². The zero-order chi connectivity index (χ0) is 18.6. The molecule has 6 heteroatoms. The molecule has 4 aromatic rings. The van der Waals surface area contributed by atoms with Crippen molar-refractivity contribution in [3.05, 3.63) is 89.2 Å². The highest BCUT2D eigenvalue weighted by Crippen LogP contribution is 2.32. The first-order chi connectivity index (χ1) is 13.2. The van der Waals surface area contributed by atoms with Crippen LogP contribution >= 0.6 is 11.6 Å². The summed E-state index contributed by atoms with van der Waals surface area (Å²) in [5.74, 6) is 0.973. The molecule has 0 N–H and O–H groups in total. The molecule has 0 atom stereocenters. The van der Waals surface area contributed by atoms with Gasteiger partial charge in [0.05, 0.1) is 10.6 Å². The van der Waals surface area contributed by atoms with Crippen LogP contribution in [0.1, 0.15) is 5.56 Å². The Morgan fingerprint density at radius 2 is 1.63 bits per heavy atom. The van der Waals surface area contributed by atoms with E-state index in [4.69, 9.17) is 20.8 Å². The quantitative estimate of drug-likeness (QED) is 0.440. The zero-order valence-corrected chi connectivity index (χ0v) is 14.9. The van der Waals surface area contributed by atoms with Crippen LogP contribution < -0.4 is 4.74 Å². The predicted octanol–water partition coefficient (Wildman–Crippen LogP) is 5.78. The van der Waals surface area contributed by atoms with Crippen molar-refractivity contribution in [1.29, 1.82) is 0 Å². The van der Waals surface area contributed by atoms with Gasteiger partial charge in [0.2, 0.25) is 5.89 Å². The van der Waals surface area contributed by atoms with Gasteiger partial charge in [0, 0.05) is 11.1 Å². The summed E-state index contributed by atoms with van der Waals surface area (Å²) in [5, 5.41) is 8.56. The van der Waals surface area contributed by atoms with Gasteiger partial charge in [-0.2, -0.15) is 0 Å². The Morgan fingerprint density at radius 1 is 0.889 bits per heavy atom. The predicted molar refractivity (Wildman–Crippen MR) is 101 cm³/mol. The highest BCUT2D eigenvalue weighted by atomic mass is 35.5. The minimum Gasteiger partial charge on any atom is -0.488 e. The second-order valence-corrected chi connectivity index (χ2v) is 6.21. The Morgan fingerprint density at radius 3 is 2.44 bits per heavy atom. The maximum Gasteiger partial charge on any atom is 0.251 e. The van der Waals surface area contributed by atoms with Gasteiger partial charge in [-0.3, -0.25) is 0 Å². The molecule has 4 nitrogen and oxygen atoms in total. The second-order valence-electron chi connectivity index (χ2n) is 5.80. The fraction of sp³-hybridized carbons (Fsp3) is 0.0476. The summed E-state index contributed by atoms with van der Waals surface area (Å²) in [6.07, 6.45) is 0. The molecule has 0 spiro atoms. The first-order valence-electron chi connectivity index (χ1n) is 8.26. The van der Waals surface area contributed by atoms with Gasteiger partial charge < -0.3 is 9.15 Å². The van der Waals surface area contributed by atoms with Crippen LogP contribution in [0.5, 0.6) is 5.75 Å². The molecule has 0 saturated heterocycles. The van der Waals surface area contributed by atoms with Crippen molar-refractivity contribution in [3.63, 3.8) is 0 Å². The van der Waals surface area contributed by atoms with Gasteiger partial charge in [-0.15, -0.1) is 10.2 Å². The summed E-state index contributed by atoms with van der Waals surface area (Å²) < 4.78 is 24.9. The van der Waals surface area contributed by atoms with Crippen LogP contribution in [0.25, 0.3) is 22.9 Å². The van der Waals surface area contributed by atoms with Crippen LogP contribution in [-0.4, -0.2) is 10.2 Å². The van der Waals surface area contributed by atoms with Gasteiger partial charge in [0.15, 0.2) is 0 Å². The zero-order valence-electron chi connectivity index (χ0n) is 14.1. The highest BCUT2D eigenvalue weighted by molar-refractivity contribution is 6.31. The van der Waals surface area contributed by atoms with Crippen molar-refractivity contribution in [2.45, 2.75) is 6.61 Å². The summed E-state index contributed by atoms with van der Waals surface area (Å²) in [4.78, 5) is 0. The van der Waals surface area contributed by atoms with Crippen molar-refractivity contribution < 1.29 is 13.5 Å². The lowest BCUT2D eigenvalue weighted by atomic mass is 10.2. The number of halogens is 2. The van der Waals surface area contributed by atoms with Crippen LogP contribution in [-0.2, 0) is 6.61 Å². The summed E-state index contributed by atoms with van der Waals surface area (Å²) in [7, 11) is 0. The minimum absolute atomic E-state index is 0.190. The van der Waals surface area contributed by atoms with Gasteiger partial charge in [-0.05, 0) is 36.4 Å². The van der Waals surface area contributed by atoms with E-state index < -0.39 is 0 Å². The molecule has 0 unspecified atom stereocenters. The number of ether oxygens (including phenoxy) is 1. The van der Waals surface area contributed by atoms with E-state index in [0.29, 0.717) is 33.7 Å². The maximum absolute atomic E-state index is 13.2. The fourth-order valence-corrected chi connectivity index (χ4v) is 2.81. The average molecular weight is 381 g/mol. The van der Waals surface area contributed by atoms with E-state index in [1.165, 1.54) is 12.1 Å². The Labute approximate surface area is 160 Å². The second kappa shape index (κ2) is 7.60. The molecule has 0 aliphatic heterocycles. The average Bonchev–Trinajstić information content (AvgIpc) is 3.18. The number of benzene rings is 3. The molecule has 0 aliphatic rings. The number of para-hydroxylation sites is 1. The van der Waals surface area contributed by atoms with E-state index >= 15 is 0 Å². The lowest BCUT2D eigenvalue weighted by Crippen LogP contribution is -1.98. The van der Waals surface area contributed by atoms with E-state index in [1.54, 1.807) is 12.1 Å². The normalized spacial score (nSPS) is 10.7. The van der Waals surface area contributed by atoms with Crippen LogP contribution in [0.3, 0.4) is 0 Å². The molecular weight excluding hydrogens is 367 g/mol. The topological polar surface area (TPSA) is 48.2 Å². The van der Waals surface area contributed by atoms with Gasteiger partial charge in [0.1, 0.15) is 18.2 Å². The Kier molecular flexibility index (Phi) is 4.85. The van der Waals surface area contributed by atoms with Crippen LogP contribution in [0.2, 0.25) is 5.02 Å². The molecule has 0 amide bonds. The summed E-state index contributed by atoms with van der Waals surface area (Å²) in [5.41, 5.74) is 2.20. The lowest BCUT2D eigenvalue weighted by molar-refractivity contribution is 0.306. The molecule has 0 radical (unpaired) electrons. The van der Waals surface area contributed by atoms with E-state index in [-0.39, 0.29) is 12.4 Å². The lowest BCUT2D eigenvalue weighted by Gasteiger charge is -2.10. The van der Waals surface area contributed by atoms with E-state index in [9.17, 15) is 4.39 Å². The molecule has 4 rings (SSSR count). The number of hydrogen-bond acceptors (Lipinski definition) is 4. The number of rotatable bonds is 5. The highest BCUT2D eigenvalue weighted by Gasteiger charge is 2.15. The molecule has 0 bridgehead atoms. The molecular formula is C21H14ClFN2O2. The molecule has 0 fully saturated rings. The van der Waals surface area contributed by atoms with Gasteiger partial charge in [-0.1, -0.05) is 48.0 Å². The SMILES string of the molecule is Fc1ccc(COc2ccccc2-c2nnc(-c3ccccc3)o2)c(Cl)c1. The number of nitrogens with zero attached hydrogens (tertiary/aromatic N) is 2. The number of hydrogen-bond donors (Lipinski definition) is 0. The van der Waals surface area contributed by atoms with E-state index in [1.807, 2.05) is 48.5 Å². The monoisotopic (exact) mass is 380 g/mol. The summed E-state index contributed by atoms with van der Waals surface area (Å²) in [6, 6.07) is 21.1. The Bertz CT molecular complexity index is 1070. The Hall–Kier alpha value is -3.18. The van der Waals surface area contributed by atoms with Crippen LogP contribution in [0.4, 0.5) is 4.39 Å². The van der Waals surface area contributed by atoms with Crippen molar-refractivity contribution in [1.82, 2.24) is 10.2 Å². The van der Waals surface area contributed by atoms with Crippen LogP contribution in [0.15, 0.2) is 77.2 Å². The Balaban J connectivity index is 1.59. The molecule has 3 aromatic carbocycles. The minimum atomic E-state index is -0.386. The third kappa shape index (κ3) is 3.83. The van der Waals surface area contributed by atoms with Gasteiger partial charge >= 0.3 is 0 Å². The smallest absolute Gasteiger partial charge is 0.251 e. The first kappa shape index (κ1) is 17.2. The van der Waals surface area contributed by atoms with Gasteiger partial charge in [0.25, 0.3) is 5.89 Å². The van der Waals surface area contributed by atoms with Crippen molar-refractivity contribution in [2.75, 3.05) is 0 Å². The molecule has 134 valence electrons. The summed E-state index contributed by atoms with van der Waals surface area (Å²) >= 11 is 6.06. The maximum atomic E-state index is 13.2. The summed E-state index contributed by atoms with van der Waals surface area (Å²) in [6.45, 7) is 0.190. The molecule has 27 heavy (non-hydrogen) atoms. The molecule has 1 heterocycles. The molecule has 0 aliphatic carbocycles. The molecule has 0 saturated carbocycles. The van der Waals surface area contributed by atoms with Crippen molar-refractivity contribution in [3.8, 4) is 28.7 Å².